The van der Waals surface area contributed by atoms with Crippen LogP contribution in [0.15, 0.2) is 0 Å². The molecule has 156 valence electrons. The average molecular weight is 400 g/mol. The van der Waals surface area contributed by atoms with Gasteiger partial charge in [0.15, 0.2) is 0 Å². The molecule has 0 radical (unpaired) electrons. The van der Waals surface area contributed by atoms with Crippen LogP contribution in [0.25, 0.3) is 0 Å². The molecule has 0 bridgehead atoms. The van der Waals surface area contributed by atoms with E-state index in [9.17, 15) is 9.59 Å². The first-order valence-electron chi connectivity index (χ1n) is 11.0. The molecule has 5 nitrogen and oxygen atoms in total. The fourth-order valence-electron chi connectivity index (χ4n) is 4.98. The molecule has 3 N–H and O–H groups in total. The van der Waals surface area contributed by atoms with Crippen molar-refractivity contribution in [1.29, 1.82) is 0 Å². The summed E-state index contributed by atoms with van der Waals surface area (Å²) in [6, 6.07) is 0.279. The summed E-state index contributed by atoms with van der Waals surface area (Å²) in [5, 5.41) is 9.80. The van der Waals surface area contributed by atoms with Crippen LogP contribution in [-0.4, -0.2) is 37.5 Å². The minimum Gasteiger partial charge on any atom is -0.356 e. The lowest BCUT2D eigenvalue weighted by molar-refractivity contribution is -0.126. The van der Waals surface area contributed by atoms with Gasteiger partial charge in [-0.15, -0.1) is 12.4 Å². The summed E-state index contributed by atoms with van der Waals surface area (Å²) in [6.07, 6.45) is 13.1. The summed E-state index contributed by atoms with van der Waals surface area (Å²) in [4.78, 5) is 24.6. The maximum Gasteiger partial charge on any atom is 0.223 e. The lowest BCUT2D eigenvalue weighted by atomic mass is 9.85. The monoisotopic (exact) mass is 399 g/mol. The largest absolute Gasteiger partial charge is 0.356 e. The zero-order chi connectivity index (χ0) is 18.2. The van der Waals surface area contributed by atoms with E-state index >= 15 is 0 Å². The van der Waals surface area contributed by atoms with Crippen LogP contribution in [0.2, 0.25) is 0 Å². The van der Waals surface area contributed by atoms with Gasteiger partial charge in [-0.1, -0.05) is 12.8 Å². The second-order valence-corrected chi connectivity index (χ2v) is 8.76. The summed E-state index contributed by atoms with van der Waals surface area (Å²) >= 11 is 0. The Labute approximate surface area is 170 Å². The van der Waals surface area contributed by atoms with Crippen molar-refractivity contribution in [2.75, 3.05) is 19.6 Å². The Kier molecular flexibility index (Phi) is 9.91. The highest BCUT2D eigenvalue weighted by Crippen LogP contribution is 2.28. The molecule has 3 fully saturated rings. The third kappa shape index (κ3) is 7.61. The summed E-state index contributed by atoms with van der Waals surface area (Å²) in [5.74, 6) is 1.92. The molecular formula is C21H38ClN3O2. The van der Waals surface area contributed by atoms with Crippen molar-refractivity contribution in [3.63, 3.8) is 0 Å². The van der Waals surface area contributed by atoms with Gasteiger partial charge in [-0.3, -0.25) is 9.59 Å². The van der Waals surface area contributed by atoms with Gasteiger partial charge in [0, 0.05) is 24.9 Å². The Morgan fingerprint density at radius 1 is 0.889 bits per heavy atom. The Bertz CT molecular complexity index is 454. The zero-order valence-electron chi connectivity index (χ0n) is 16.6. The quantitative estimate of drug-likeness (QED) is 0.615. The van der Waals surface area contributed by atoms with E-state index in [1.807, 2.05) is 0 Å². The molecule has 2 saturated carbocycles. The smallest absolute Gasteiger partial charge is 0.223 e. The van der Waals surface area contributed by atoms with Gasteiger partial charge in [-0.05, 0) is 82.7 Å². The minimum absolute atomic E-state index is 0. The van der Waals surface area contributed by atoms with Gasteiger partial charge < -0.3 is 16.0 Å². The molecule has 1 unspecified atom stereocenters. The molecule has 2 amide bonds. The molecule has 1 saturated heterocycles. The van der Waals surface area contributed by atoms with E-state index < -0.39 is 0 Å². The Morgan fingerprint density at radius 2 is 1.59 bits per heavy atom. The van der Waals surface area contributed by atoms with Crippen molar-refractivity contribution in [3.8, 4) is 0 Å². The number of nitrogens with one attached hydrogen (secondary N) is 3. The Balaban J connectivity index is 0.00000261. The molecule has 1 atom stereocenters. The van der Waals surface area contributed by atoms with Gasteiger partial charge in [0.05, 0.1) is 0 Å². The van der Waals surface area contributed by atoms with Crippen molar-refractivity contribution < 1.29 is 9.59 Å². The van der Waals surface area contributed by atoms with E-state index in [4.69, 9.17) is 0 Å². The molecule has 0 aromatic carbocycles. The van der Waals surface area contributed by atoms with Crippen LogP contribution in [0.3, 0.4) is 0 Å². The van der Waals surface area contributed by atoms with Gasteiger partial charge in [0.2, 0.25) is 11.8 Å². The van der Waals surface area contributed by atoms with Crippen LogP contribution in [-0.2, 0) is 9.59 Å². The average Bonchev–Trinajstić information content (AvgIpc) is 3.16. The molecule has 1 heterocycles. The summed E-state index contributed by atoms with van der Waals surface area (Å²) in [7, 11) is 0. The molecule has 0 aromatic heterocycles. The summed E-state index contributed by atoms with van der Waals surface area (Å²) in [6.45, 7) is 3.05. The first kappa shape index (κ1) is 22.5. The van der Waals surface area contributed by atoms with Crippen molar-refractivity contribution in [3.05, 3.63) is 0 Å². The minimum atomic E-state index is 0. The maximum atomic E-state index is 12.4. The highest BCUT2D eigenvalue weighted by molar-refractivity contribution is 5.85. The Hall–Kier alpha value is -0.810. The summed E-state index contributed by atoms with van der Waals surface area (Å²) < 4.78 is 0. The fraction of sp³-hybridized carbons (Fsp3) is 0.905. The number of carbonyl (C=O) groups is 2. The highest BCUT2D eigenvalue weighted by atomic mass is 35.5. The van der Waals surface area contributed by atoms with Crippen LogP contribution in [0.1, 0.15) is 77.0 Å². The van der Waals surface area contributed by atoms with Crippen LogP contribution in [0, 0.1) is 17.8 Å². The Morgan fingerprint density at radius 3 is 2.26 bits per heavy atom. The van der Waals surface area contributed by atoms with Gasteiger partial charge in [-0.25, -0.2) is 0 Å². The van der Waals surface area contributed by atoms with Crippen LogP contribution in [0.4, 0.5) is 0 Å². The molecule has 6 heteroatoms. The van der Waals surface area contributed by atoms with E-state index in [-0.39, 0.29) is 36.2 Å². The van der Waals surface area contributed by atoms with Crippen LogP contribution < -0.4 is 16.0 Å². The first-order valence-corrected chi connectivity index (χ1v) is 11.0. The van der Waals surface area contributed by atoms with Crippen LogP contribution in [0.5, 0.6) is 0 Å². The van der Waals surface area contributed by atoms with Crippen molar-refractivity contribution in [1.82, 2.24) is 16.0 Å². The van der Waals surface area contributed by atoms with E-state index in [1.54, 1.807) is 0 Å². The lowest BCUT2D eigenvalue weighted by Crippen LogP contribution is -2.41. The van der Waals surface area contributed by atoms with Crippen LogP contribution >= 0.6 is 12.4 Å². The molecule has 0 spiro atoms. The fourth-order valence-corrected chi connectivity index (χ4v) is 4.98. The van der Waals surface area contributed by atoms with Crippen molar-refractivity contribution >= 4 is 24.2 Å². The third-order valence-corrected chi connectivity index (χ3v) is 6.66. The van der Waals surface area contributed by atoms with E-state index in [1.165, 1.54) is 38.5 Å². The first-order chi connectivity index (χ1) is 12.7. The molecule has 3 rings (SSSR count). The van der Waals surface area contributed by atoms with Crippen molar-refractivity contribution in [2.45, 2.75) is 83.1 Å². The van der Waals surface area contributed by atoms with Gasteiger partial charge >= 0.3 is 0 Å². The summed E-state index contributed by atoms with van der Waals surface area (Å²) in [5.41, 5.74) is 0. The predicted octanol–water partition coefficient (Wildman–Crippen LogP) is 3.17. The number of piperidine rings is 1. The maximum absolute atomic E-state index is 12.4. The van der Waals surface area contributed by atoms with Gasteiger partial charge in [0.1, 0.15) is 0 Å². The predicted molar refractivity (Wildman–Crippen MR) is 111 cm³/mol. The normalized spacial score (nSPS) is 29.0. The molecule has 3 aliphatic rings. The number of hydrogen-bond acceptors (Lipinski definition) is 3. The van der Waals surface area contributed by atoms with E-state index in [0.717, 1.165) is 57.7 Å². The molecule has 27 heavy (non-hydrogen) atoms. The molecule has 0 aromatic rings. The number of rotatable bonds is 7. The lowest BCUT2D eigenvalue weighted by Gasteiger charge is -2.29. The molecule has 1 aliphatic heterocycles. The number of hydrogen-bond donors (Lipinski definition) is 3. The van der Waals surface area contributed by atoms with Gasteiger partial charge in [0.25, 0.3) is 0 Å². The number of halogens is 1. The second kappa shape index (κ2) is 11.9. The SMILES string of the molecule is Cl.O=C(CC1CCCC1)NC1CCC(C(=O)NCCC2CCCNC2)CC1. The topological polar surface area (TPSA) is 70.2 Å². The second-order valence-electron chi connectivity index (χ2n) is 8.76. The zero-order valence-corrected chi connectivity index (χ0v) is 17.5. The number of carbonyl (C=O) groups excluding carboxylic acids is 2. The molecular weight excluding hydrogens is 362 g/mol. The standard InChI is InChI=1S/C21H37N3O2.ClH/c25-20(14-16-4-1-2-5-16)24-19-9-7-18(8-10-19)21(26)23-13-11-17-6-3-12-22-15-17;/h16-19,22H,1-15H2,(H,23,26)(H,24,25);1H. The van der Waals surface area contributed by atoms with Crippen molar-refractivity contribution in [2.24, 2.45) is 17.8 Å². The van der Waals surface area contributed by atoms with E-state index in [0.29, 0.717) is 12.3 Å². The molecule has 2 aliphatic carbocycles. The number of amides is 2. The third-order valence-electron chi connectivity index (χ3n) is 6.66. The highest BCUT2D eigenvalue weighted by Gasteiger charge is 2.28. The van der Waals surface area contributed by atoms with E-state index in [2.05, 4.69) is 16.0 Å². The van der Waals surface area contributed by atoms with Gasteiger partial charge in [-0.2, -0.15) is 0 Å².